The van der Waals surface area contributed by atoms with Crippen molar-refractivity contribution in [3.05, 3.63) is 29.3 Å². The van der Waals surface area contributed by atoms with Crippen molar-refractivity contribution in [3.8, 4) is 0 Å². The molecule has 0 heterocycles. The highest BCUT2D eigenvalue weighted by Crippen LogP contribution is 2.27. The Bertz CT molecular complexity index is 520. The van der Waals surface area contributed by atoms with Gasteiger partial charge in [0, 0.05) is 12.2 Å². The van der Waals surface area contributed by atoms with Crippen LogP contribution in [0.3, 0.4) is 0 Å². The predicted molar refractivity (Wildman–Crippen MR) is 90.5 cm³/mol. The lowest BCUT2D eigenvalue weighted by Crippen LogP contribution is -2.41. The topological polar surface area (TPSA) is 81.4 Å². The van der Waals surface area contributed by atoms with E-state index in [0.717, 1.165) is 5.56 Å². The number of methoxy groups -OCH3 is 1. The van der Waals surface area contributed by atoms with Gasteiger partial charge in [-0.2, -0.15) is 0 Å². The number of hydrogen-bond acceptors (Lipinski definition) is 4. The van der Waals surface area contributed by atoms with Crippen LogP contribution in [-0.2, 0) is 9.53 Å². The van der Waals surface area contributed by atoms with Crippen molar-refractivity contribution >= 4 is 30.0 Å². The van der Waals surface area contributed by atoms with E-state index in [1.807, 2.05) is 13.8 Å². The molecule has 1 rings (SSSR count). The number of benzene rings is 1. The SMILES string of the molecule is CCC(CC)(CN)C(=O)Nc1ccc(C(=O)OC)c(C)c1.Cl. The molecule has 0 radical (unpaired) electrons. The predicted octanol–water partition coefficient (Wildman–Crippen LogP) is 2.91. The van der Waals surface area contributed by atoms with E-state index in [1.165, 1.54) is 7.11 Å². The Morgan fingerprint density at radius 1 is 1.27 bits per heavy atom. The molecule has 124 valence electrons. The Balaban J connectivity index is 0.00000441. The molecule has 0 saturated heterocycles. The molecule has 0 aromatic heterocycles. The number of amides is 1. The van der Waals surface area contributed by atoms with Gasteiger partial charge in [-0.15, -0.1) is 12.4 Å². The molecule has 0 bridgehead atoms. The number of esters is 1. The second kappa shape index (κ2) is 8.76. The monoisotopic (exact) mass is 328 g/mol. The first-order chi connectivity index (χ1) is 9.93. The fourth-order valence-corrected chi connectivity index (χ4v) is 2.30. The van der Waals surface area contributed by atoms with Crippen LogP contribution in [0.4, 0.5) is 5.69 Å². The Hall–Kier alpha value is -1.59. The zero-order valence-electron chi connectivity index (χ0n) is 13.6. The van der Waals surface area contributed by atoms with Crippen molar-refractivity contribution in [3.63, 3.8) is 0 Å². The number of halogens is 1. The van der Waals surface area contributed by atoms with Crippen molar-refractivity contribution in [1.29, 1.82) is 0 Å². The minimum atomic E-state index is -0.547. The maximum absolute atomic E-state index is 12.4. The molecule has 3 N–H and O–H groups in total. The normalized spacial score (nSPS) is 10.6. The van der Waals surface area contributed by atoms with Crippen LogP contribution < -0.4 is 11.1 Å². The summed E-state index contributed by atoms with van der Waals surface area (Å²) in [6.45, 7) is 6.03. The van der Waals surface area contributed by atoms with Gasteiger partial charge in [0.15, 0.2) is 0 Å². The summed E-state index contributed by atoms with van der Waals surface area (Å²) in [6, 6.07) is 5.11. The highest BCUT2D eigenvalue weighted by Gasteiger charge is 2.33. The number of hydrogen-bond donors (Lipinski definition) is 2. The number of nitrogens with one attached hydrogen (secondary N) is 1. The van der Waals surface area contributed by atoms with E-state index in [4.69, 9.17) is 10.5 Å². The fraction of sp³-hybridized carbons (Fsp3) is 0.500. The van der Waals surface area contributed by atoms with E-state index in [1.54, 1.807) is 25.1 Å². The van der Waals surface area contributed by atoms with Crippen LogP contribution in [0.25, 0.3) is 0 Å². The van der Waals surface area contributed by atoms with Crippen LogP contribution in [0, 0.1) is 12.3 Å². The number of carbonyl (C=O) groups is 2. The van der Waals surface area contributed by atoms with Gasteiger partial charge in [-0.3, -0.25) is 4.79 Å². The third-order valence-electron chi connectivity index (χ3n) is 4.12. The number of nitrogens with two attached hydrogens (primary N) is 1. The second-order valence-corrected chi connectivity index (χ2v) is 5.17. The number of rotatable bonds is 6. The summed E-state index contributed by atoms with van der Waals surface area (Å²) in [5.41, 5.74) is 7.13. The van der Waals surface area contributed by atoms with E-state index in [2.05, 4.69) is 5.32 Å². The third kappa shape index (κ3) is 4.21. The smallest absolute Gasteiger partial charge is 0.338 e. The minimum Gasteiger partial charge on any atom is -0.465 e. The van der Waals surface area contributed by atoms with Gasteiger partial charge in [0.2, 0.25) is 5.91 Å². The van der Waals surface area contributed by atoms with Crippen LogP contribution >= 0.6 is 12.4 Å². The molecule has 0 aliphatic carbocycles. The van der Waals surface area contributed by atoms with Crippen molar-refractivity contribution < 1.29 is 14.3 Å². The second-order valence-electron chi connectivity index (χ2n) is 5.17. The average molecular weight is 329 g/mol. The van der Waals surface area contributed by atoms with Crippen molar-refractivity contribution in [1.82, 2.24) is 0 Å². The number of aryl methyl sites for hydroxylation is 1. The van der Waals surface area contributed by atoms with Crippen molar-refractivity contribution in [2.45, 2.75) is 33.6 Å². The number of carbonyl (C=O) groups excluding carboxylic acids is 2. The van der Waals surface area contributed by atoms with Gasteiger partial charge >= 0.3 is 5.97 Å². The summed E-state index contributed by atoms with van der Waals surface area (Å²) >= 11 is 0. The standard InChI is InChI=1S/C16H24N2O3.ClH/c1-5-16(6-2,10-17)15(20)18-12-7-8-13(11(3)9-12)14(19)21-4;/h7-9H,5-6,10,17H2,1-4H3,(H,18,20);1H. The van der Waals surface area contributed by atoms with Crippen LogP contribution in [0.15, 0.2) is 18.2 Å². The quantitative estimate of drug-likeness (QED) is 0.787. The summed E-state index contributed by atoms with van der Waals surface area (Å²) < 4.78 is 4.70. The Morgan fingerprint density at radius 3 is 2.27 bits per heavy atom. The maximum atomic E-state index is 12.4. The maximum Gasteiger partial charge on any atom is 0.338 e. The van der Waals surface area contributed by atoms with Gasteiger partial charge in [-0.05, 0) is 43.5 Å². The minimum absolute atomic E-state index is 0. The number of ether oxygens (including phenoxy) is 1. The van der Waals surface area contributed by atoms with E-state index in [0.29, 0.717) is 30.6 Å². The first kappa shape index (κ1) is 20.4. The highest BCUT2D eigenvalue weighted by molar-refractivity contribution is 5.97. The summed E-state index contributed by atoms with van der Waals surface area (Å²) in [5.74, 6) is -0.469. The van der Waals surface area contributed by atoms with Crippen LogP contribution in [-0.4, -0.2) is 25.5 Å². The molecule has 1 amide bonds. The van der Waals surface area contributed by atoms with E-state index < -0.39 is 5.41 Å². The van der Waals surface area contributed by atoms with E-state index >= 15 is 0 Å². The van der Waals surface area contributed by atoms with E-state index in [9.17, 15) is 9.59 Å². The first-order valence-electron chi connectivity index (χ1n) is 7.14. The zero-order valence-corrected chi connectivity index (χ0v) is 14.4. The molecule has 1 aromatic carbocycles. The molecular formula is C16H25ClN2O3. The fourth-order valence-electron chi connectivity index (χ4n) is 2.30. The molecule has 0 spiro atoms. The van der Waals surface area contributed by atoms with E-state index in [-0.39, 0.29) is 24.3 Å². The molecule has 0 unspecified atom stereocenters. The first-order valence-corrected chi connectivity index (χ1v) is 7.14. The molecule has 6 heteroatoms. The molecule has 0 atom stereocenters. The summed E-state index contributed by atoms with van der Waals surface area (Å²) in [7, 11) is 1.34. The number of anilines is 1. The largest absolute Gasteiger partial charge is 0.465 e. The third-order valence-corrected chi connectivity index (χ3v) is 4.12. The van der Waals surface area contributed by atoms with Gasteiger partial charge < -0.3 is 15.8 Å². The van der Waals surface area contributed by atoms with Crippen LogP contribution in [0.2, 0.25) is 0 Å². The summed E-state index contributed by atoms with van der Waals surface area (Å²) in [5, 5.41) is 2.89. The van der Waals surface area contributed by atoms with Gasteiger partial charge in [0.05, 0.1) is 18.1 Å². The molecule has 0 fully saturated rings. The Kier molecular flexibility index (Phi) is 8.12. The average Bonchev–Trinajstić information content (AvgIpc) is 2.49. The van der Waals surface area contributed by atoms with Crippen molar-refractivity contribution in [2.24, 2.45) is 11.1 Å². The summed E-state index contributed by atoms with van der Waals surface area (Å²) in [6.07, 6.45) is 1.37. The zero-order chi connectivity index (χ0) is 16.0. The van der Waals surface area contributed by atoms with Gasteiger partial charge in [-0.25, -0.2) is 4.79 Å². The Morgan fingerprint density at radius 2 is 1.86 bits per heavy atom. The lowest BCUT2D eigenvalue weighted by molar-refractivity contribution is -0.125. The van der Waals surface area contributed by atoms with Gasteiger partial charge in [-0.1, -0.05) is 13.8 Å². The molecule has 1 aromatic rings. The molecule has 5 nitrogen and oxygen atoms in total. The molecular weight excluding hydrogens is 304 g/mol. The van der Waals surface area contributed by atoms with Crippen LogP contribution in [0.5, 0.6) is 0 Å². The highest BCUT2D eigenvalue weighted by atomic mass is 35.5. The van der Waals surface area contributed by atoms with Gasteiger partial charge in [0.25, 0.3) is 0 Å². The summed E-state index contributed by atoms with van der Waals surface area (Å²) in [4.78, 5) is 24.0. The lowest BCUT2D eigenvalue weighted by Gasteiger charge is -2.28. The molecule has 22 heavy (non-hydrogen) atoms. The lowest BCUT2D eigenvalue weighted by atomic mass is 9.81. The Labute approximate surface area is 138 Å². The van der Waals surface area contributed by atoms with Gasteiger partial charge in [0.1, 0.15) is 0 Å². The van der Waals surface area contributed by atoms with Crippen LogP contribution in [0.1, 0.15) is 42.6 Å². The molecule has 0 saturated carbocycles. The van der Waals surface area contributed by atoms with Crippen molar-refractivity contribution in [2.75, 3.05) is 19.0 Å². The molecule has 0 aliphatic heterocycles. The molecule has 0 aliphatic rings.